The molecule has 140 valence electrons. The third-order valence-corrected chi connectivity index (χ3v) is 5.23. The van der Waals surface area contributed by atoms with E-state index < -0.39 is 11.6 Å². The quantitative estimate of drug-likeness (QED) is 0.660. The number of oxazole rings is 1. The molecule has 0 radical (unpaired) electrons. The average Bonchev–Trinajstić information content (AvgIpc) is 2.97. The van der Waals surface area contributed by atoms with E-state index >= 15 is 0 Å². The van der Waals surface area contributed by atoms with E-state index in [1.807, 2.05) is 0 Å². The standard InChI is InChI=1S/C21H21FN2O3/c1-14-7-9-23(10-8-14)13-24-18-6-5-16(12-19(18)27-21(24)26)20(25)15-3-2-4-17(22)11-15/h2-6,11-12,14H,7-10,13H2,1H3. The molecule has 1 fully saturated rings. The molecule has 27 heavy (non-hydrogen) atoms. The molecule has 0 saturated carbocycles. The van der Waals surface area contributed by atoms with Crippen LogP contribution in [0.25, 0.3) is 11.1 Å². The van der Waals surface area contributed by atoms with Crippen LogP contribution in [-0.4, -0.2) is 28.3 Å². The van der Waals surface area contributed by atoms with Crippen molar-refractivity contribution in [2.24, 2.45) is 5.92 Å². The Hall–Kier alpha value is -2.73. The van der Waals surface area contributed by atoms with Gasteiger partial charge in [-0.2, -0.15) is 0 Å². The Morgan fingerprint density at radius 3 is 2.63 bits per heavy atom. The van der Waals surface area contributed by atoms with E-state index in [1.165, 1.54) is 18.2 Å². The normalized spacial score (nSPS) is 16.1. The first kappa shape index (κ1) is 17.7. The van der Waals surface area contributed by atoms with Crippen LogP contribution >= 0.6 is 0 Å². The Labute approximate surface area is 156 Å². The highest BCUT2D eigenvalue weighted by atomic mass is 19.1. The van der Waals surface area contributed by atoms with Crippen molar-refractivity contribution in [1.82, 2.24) is 9.47 Å². The Kier molecular flexibility index (Phi) is 4.66. The van der Waals surface area contributed by atoms with Gasteiger partial charge in [0.05, 0.1) is 12.2 Å². The van der Waals surface area contributed by atoms with Gasteiger partial charge in [-0.05, 0) is 49.1 Å². The second-order valence-electron chi connectivity index (χ2n) is 7.26. The number of halogens is 1. The van der Waals surface area contributed by atoms with E-state index in [0.717, 1.165) is 31.8 Å². The number of fused-ring (bicyclic) bond motifs is 1. The minimum atomic E-state index is -0.463. The molecule has 1 aliphatic heterocycles. The van der Waals surface area contributed by atoms with E-state index in [4.69, 9.17) is 4.42 Å². The minimum absolute atomic E-state index is 0.263. The molecule has 0 bridgehead atoms. The molecule has 0 aliphatic carbocycles. The van der Waals surface area contributed by atoms with Crippen LogP contribution < -0.4 is 5.76 Å². The smallest absolute Gasteiger partial charge is 0.408 e. The van der Waals surface area contributed by atoms with Gasteiger partial charge >= 0.3 is 5.76 Å². The highest BCUT2D eigenvalue weighted by Gasteiger charge is 2.19. The molecule has 0 spiro atoms. The molecule has 6 heteroatoms. The molecule has 0 atom stereocenters. The lowest BCUT2D eigenvalue weighted by atomic mass is 10.00. The van der Waals surface area contributed by atoms with Crippen LogP contribution in [-0.2, 0) is 6.67 Å². The zero-order valence-electron chi connectivity index (χ0n) is 15.2. The van der Waals surface area contributed by atoms with Crippen LogP contribution in [0.3, 0.4) is 0 Å². The van der Waals surface area contributed by atoms with Crippen molar-refractivity contribution >= 4 is 16.9 Å². The largest absolute Gasteiger partial charge is 0.421 e. The number of benzene rings is 2. The summed E-state index contributed by atoms with van der Waals surface area (Å²) >= 11 is 0. The number of hydrogen-bond donors (Lipinski definition) is 0. The number of nitrogens with zero attached hydrogens (tertiary/aromatic N) is 2. The van der Waals surface area contributed by atoms with Crippen LogP contribution in [0.1, 0.15) is 35.7 Å². The minimum Gasteiger partial charge on any atom is -0.408 e. The third kappa shape index (κ3) is 3.57. The number of ketones is 1. The molecule has 4 rings (SSSR count). The van der Waals surface area contributed by atoms with Crippen molar-refractivity contribution in [3.63, 3.8) is 0 Å². The topological polar surface area (TPSA) is 55.5 Å². The van der Waals surface area contributed by atoms with Crippen LogP contribution in [0.2, 0.25) is 0 Å². The maximum atomic E-state index is 13.4. The fraction of sp³-hybridized carbons (Fsp3) is 0.333. The highest BCUT2D eigenvalue weighted by Crippen LogP contribution is 2.21. The first-order valence-electron chi connectivity index (χ1n) is 9.17. The maximum absolute atomic E-state index is 13.4. The van der Waals surface area contributed by atoms with E-state index in [0.29, 0.717) is 23.3 Å². The molecule has 0 unspecified atom stereocenters. The summed E-state index contributed by atoms with van der Waals surface area (Å²) < 4.78 is 20.3. The van der Waals surface area contributed by atoms with Crippen molar-refractivity contribution in [1.29, 1.82) is 0 Å². The first-order valence-corrected chi connectivity index (χ1v) is 9.17. The van der Waals surface area contributed by atoms with Gasteiger partial charge in [0.2, 0.25) is 0 Å². The lowest BCUT2D eigenvalue weighted by Gasteiger charge is -2.29. The van der Waals surface area contributed by atoms with Crippen molar-refractivity contribution in [3.8, 4) is 0 Å². The predicted octanol–water partition coefficient (Wildman–Crippen LogP) is 3.65. The fourth-order valence-electron chi connectivity index (χ4n) is 3.54. The summed E-state index contributed by atoms with van der Waals surface area (Å²) in [6.07, 6.45) is 2.24. The van der Waals surface area contributed by atoms with Gasteiger partial charge in [-0.1, -0.05) is 19.1 Å². The predicted molar refractivity (Wildman–Crippen MR) is 100 cm³/mol. The zero-order chi connectivity index (χ0) is 19.0. The number of piperidine rings is 1. The van der Waals surface area contributed by atoms with E-state index in [-0.39, 0.29) is 11.3 Å². The number of aromatic nitrogens is 1. The number of likely N-dealkylation sites (tertiary alicyclic amines) is 1. The summed E-state index contributed by atoms with van der Waals surface area (Å²) in [6.45, 7) is 4.64. The van der Waals surface area contributed by atoms with Gasteiger partial charge in [0.15, 0.2) is 11.4 Å². The maximum Gasteiger partial charge on any atom is 0.421 e. The molecule has 5 nitrogen and oxygen atoms in total. The number of hydrogen-bond acceptors (Lipinski definition) is 4. The van der Waals surface area contributed by atoms with Crippen LogP contribution in [0.5, 0.6) is 0 Å². The summed E-state index contributed by atoms with van der Waals surface area (Å²) in [5, 5.41) is 0. The van der Waals surface area contributed by atoms with Crippen LogP contribution in [0, 0.1) is 11.7 Å². The lowest BCUT2D eigenvalue weighted by Crippen LogP contribution is -2.36. The molecule has 1 saturated heterocycles. The Bertz CT molecular complexity index is 1050. The molecule has 2 heterocycles. The van der Waals surface area contributed by atoms with E-state index in [2.05, 4.69) is 11.8 Å². The first-order chi connectivity index (χ1) is 13.0. The number of carbonyl (C=O) groups excluding carboxylic acids is 1. The molecule has 3 aromatic rings. The Morgan fingerprint density at radius 1 is 1.15 bits per heavy atom. The van der Waals surface area contributed by atoms with Crippen LogP contribution in [0.4, 0.5) is 4.39 Å². The molecule has 2 aromatic carbocycles. The summed E-state index contributed by atoms with van der Waals surface area (Å²) in [7, 11) is 0. The molecule has 1 aromatic heterocycles. The Balaban J connectivity index is 1.62. The SMILES string of the molecule is CC1CCN(Cn2c(=O)oc3cc(C(=O)c4cccc(F)c4)ccc32)CC1. The van der Waals surface area contributed by atoms with Crippen molar-refractivity contribution in [2.75, 3.05) is 13.1 Å². The summed E-state index contributed by atoms with van der Waals surface area (Å²) in [5.74, 6) is -0.485. The van der Waals surface area contributed by atoms with Gasteiger partial charge in [-0.15, -0.1) is 0 Å². The Morgan fingerprint density at radius 2 is 1.89 bits per heavy atom. The molecule has 0 amide bonds. The molecule has 1 aliphatic rings. The second kappa shape index (κ2) is 7.12. The van der Waals surface area contributed by atoms with E-state index in [9.17, 15) is 14.0 Å². The highest BCUT2D eigenvalue weighted by molar-refractivity contribution is 6.10. The zero-order valence-corrected chi connectivity index (χ0v) is 15.2. The average molecular weight is 368 g/mol. The summed E-state index contributed by atoms with van der Waals surface area (Å²) in [6, 6.07) is 10.5. The molecule has 0 N–H and O–H groups in total. The van der Waals surface area contributed by atoms with Gasteiger partial charge in [0.1, 0.15) is 5.82 Å². The third-order valence-electron chi connectivity index (χ3n) is 5.23. The fourth-order valence-corrected chi connectivity index (χ4v) is 3.54. The van der Waals surface area contributed by atoms with Gasteiger partial charge < -0.3 is 4.42 Å². The van der Waals surface area contributed by atoms with Gasteiger partial charge in [0, 0.05) is 24.2 Å². The van der Waals surface area contributed by atoms with Crippen LogP contribution in [0.15, 0.2) is 51.7 Å². The monoisotopic (exact) mass is 368 g/mol. The van der Waals surface area contributed by atoms with Crippen molar-refractivity contribution < 1.29 is 13.6 Å². The number of carbonyl (C=O) groups is 1. The summed E-state index contributed by atoms with van der Waals surface area (Å²) in [4.78, 5) is 27.1. The van der Waals surface area contributed by atoms with Crippen molar-refractivity contribution in [3.05, 3.63) is 70.0 Å². The number of rotatable bonds is 4. The molecular weight excluding hydrogens is 347 g/mol. The summed E-state index contributed by atoms with van der Waals surface area (Å²) in [5.41, 5.74) is 1.65. The van der Waals surface area contributed by atoms with E-state index in [1.54, 1.807) is 28.8 Å². The van der Waals surface area contributed by atoms with Gasteiger partial charge in [-0.25, -0.2) is 9.18 Å². The van der Waals surface area contributed by atoms with Gasteiger partial charge in [0.25, 0.3) is 0 Å². The van der Waals surface area contributed by atoms with Gasteiger partial charge in [-0.3, -0.25) is 14.3 Å². The second-order valence-corrected chi connectivity index (χ2v) is 7.26. The lowest BCUT2D eigenvalue weighted by molar-refractivity contribution is 0.103. The van der Waals surface area contributed by atoms with Crippen molar-refractivity contribution in [2.45, 2.75) is 26.4 Å². The molecular formula is C21H21FN2O3.